The van der Waals surface area contributed by atoms with Crippen molar-refractivity contribution in [3.63, 3.8) is 0 Å². The smallest absolute Gasteiger partial charge is 0.268 e. The molecule has 0 saturated carbocycles. The third-order valence-electron chi connectivity index (χ3n) is 15.9. The number of unbranched alkanes of at least 4 members (excludes halogenated alkanes) is 35. The maximum atomic E-state index is 13.1. The summed E-state index contributed by atoms with van der Waals surface area (Å²) in [6.07, 6.45) is 100. The summed E-state index contributed by atoms with van der Waals surface area (Å²) in [6, 6.07) is -0.904. The van der Waals surface area contributed by atoms with E-state index in [9.17, 15) is 19.4 Å². The van der Waals surface area contributed by atoms with Crippen LogP contribution in [0.4, 0.5) is 0 Å². The molecule has 0 aliphatic rings. The van der Waals surface area contributed by atoms with Crippen molar-refractivity contribution >= 4 is 13.7 Å². The number of likely N-dealkylation sites (N-methyl/N-ethyl adjacent to an activating group) is 1. The van der Waals surface area contributed by atoms with Crippen LogP contribution in [-0.4, -0.2) is 68.5 Å². The van der Waals surface area contributed by atoms with E-state index in [1.807, 2.05) is 27.2 Å². The van der Waals surface area contributed by atoms with Crippen molar-refractivity contribution in [3.05, 3.63) is 122 Å². The van der Waals surface area contributed by atoms with Gasteiger partial charge in [0.2, 0.25) is 5.91 Å². The van der Waals surface area contributed by atoms with Gasteiger partial charge in [0.1, 0.15) is 13.2 Å². The summed E-state index contributed by atoms with van der Waals surface area (Å²) in [6.45, 7) is 4.55. The fourth-order valence-corrected chi connectivity index (χ4v) is 11.0. The van der Waals surface area contributed by atoms with Crippen LogP contribution in [0.2, 0.25) is 0 Å². The summed E-state index contributed by atoms with van der Waals surface area (Å²) in [5.41, 5.74) is 0. The van der Waals surface area contributed by atoms with Gasteiger partial charge in [0.15, 0.2) is 0 Å². The highest BCUT2D eigenvalue weighted by Gasteiger charge is 2.23. The molecule has 87 heavy (non-hydrogen) atoms. The number of rotatable bonds is 66. The molecule has 3 unspecified atom stereocenters. The number of hydrogen-bond donors (Lipinski definition) is 2. The van der Waals surface area contributed by atoms with Crippen LogP contribution in [0.3, 0.4) is 0 Å². The molecule has 0 rings (SSSR count). The number of nitrogens with one attached hydrogen (secondary N) is 1. The number of phosphoric ester groups is 1. The van der Waals surface area contributed by atoms with Crippen LogP contribution in [0.15, 0.2) is 122 Å². The van der Waals surface area contributed by atoms with Crippen LogP contribution in [-0.2, 0) is 18.4 Å². The first-order valence-corrected chi connectivity index (χ1v) is 37.9. The Bertz CT molecular complexity index is 1840. The zero-order chi connectivity index (χ0) is 63.4. The number of phosphoric acid groups is 1. The molecule has 0 spiro atoms. The monoisotopic (exact) mass is 1230 g/mol. The molecule has 0 bridgehead atoms. The van der Waals surface area contributed by atoms with E-state index in [4.69, 9.17) is 9.05 Å². The molecule has 9 heteroatoms. The number of carbonyl (C=O) groups excluding carboxylic acids is 1. The Morgan fingerprint density at radius 2 is 0.701 bits per heavy atom. The van der Waals surface area contributed by atoms with E-state index < -0.39 is 26.6 Å². The van der Waals surface area contributed by atoms with Gasteiger partial charge in [0.25, 0.3) is 7.82 Å². The molecule has 0 fully saturated rings. The van der Waals surface area contributed by atoms with Crippen molar-refractivity contribution in [2.75, 3.05) is 40.9 Å². The maximum absolute atomic E-state index is 13.1. The average molecular weight is 1230 g/mol. The van der Waals surface area contributed by atoms with Gasteiger partial charge in [-0.15, -0.1) is 0 Å². The van der Waals surface area contributed by atoms with Crippen molar-refractivity contribution in [1.29, 1.82) is 0 Å². The van der Waals surface area contributed by atoms with Crippen molar-refractivity contribution < 1.29 is 32.9 Å². The third-order valence-corrected chi connectivity index (χ3v) is 16.9. The maximum Gasteiger partial charge on any atom is 0.268 e. The number of amides is 1. The highest BCUT2D eigenvalue weighted by atomic mass is 31.2. The minimum absolute atomic E-state index is 0.00885. The van der Waals surface area contributed by atoms with Crippen LogP contribution in [0.25, 0.3) is 0 Å². The van der Waals surface area contributed by atoms with E-state index in [1.165, 1.54) is 186 Å². The summed E-state index contributed by atoms with van der Waals surface area (Å²) < 4.78 is 23.5. The van der Waals surface area contributed by atoms with Crippen molar-refractivity contribution in [1.82, 2.24) is 5.32 Å². The zero-order valence-corrected chi connectivity index (χ0v) is 58.3. The summed E-state index contributed by atoms with van der Waals surface area (Å²) in [7, 11) is 1.25. The number of nitrogens with zero attached hydrogens (tertiary/aromatic N) is 1. The zero-order valence-electron chi connectivity index (χ0n) is 57.4. The highest BCUT2D eigenvalue weighted by molar-refractivity contribution is 7.45. The molecular formula is C78H139N2O6P. The third kappa shape index (κ3) is 70.2. The van der Waals surface area contributed by atoms with Crippen LogP contribution >= 0.6 is 7.82 Å². The molecule has 1 amide bonds. The predicted molar refractivity (Wildman–Crippen MR) is 380 cm³/mol. The quantitative estimate of drug-likeness (QED) is 0.0272. The molecular weight excluding hydrogens is 1090 g/mol. The highest BCUT2D eigenvalue weighted by Crippen LogP contribution is 2.38. The summed E-state index contributed by atoms with van der Waals surface area (Å²) in [5.74, 6) is -0.210. The van der Waals surface area contributed by atoms with Gasteiger partial charge in [-0.3, -0.25) is 9.36 Å². The lowest BCUT2D eigenvalue weighted by Crippen LogP contribution is -2.45. The standard InChI is InChI=1S/C78H139N2O6P/c1-6-8-10-12-14-16-18-20-22-24-26-28-30-32-34-36-38-39-40-41-42-44-46-48-50-52-54-56-58-60-62-64-66-68-70-72-78(82)79-76(75-86-87(83,84)85-74-73-80(3,4)5)77(81)71-69-67-65-63-61-59-57-55-53-51-49-47-45-43-37-35-33-31-29-27-25-23-21-19-17-15-13-11-9-7-2/h8,10,14,16,20,22,26,28,32,34,38-39,41-42,46,48,52,54,69,71,76-77,81H,6-7,9,11-13,15,17-19,21,23-25,27,29-31,33,35-37,40,43-45,47,49-51,53,55-68,70,72-75H2,1-5H3,(H-,79,82,83,84)/b10-8-,16-14-,22-20-,28-26-,34-32-,39-38-,42-41-,48-46-,54-52-,71-69+. The van der Waals surface area contributed by atoms with E-state index in [0.717, 1.165) is 109 Å². The minimum atomic E-state index is -4.62. The fraction of sp³-hybridized carbons (Fsp3) is 0.731. The molecule has 0 aromatic heterocycles. The Morgan fingerprint density at radius 1 is 0.414 bits per heavy atom. The van der Waals surface area contributed by atoms with Gasteiger partial charge in [0.05, 0.1) is 39.9 Å². The second-order valence-electron chi connectivity index (χ2n) is 25.6. The van der Waals surface area contributed by atoms with Crippen LogP contribution < -0.4 is 10.2 Å². The molecule has 0 radical (unpaired) electrons. The molecule has 502 valence electrons. The van der Waals surface area contributed by atoms with Crippen LogP contribution in [0, 0.1) is 0 Å². The van der Waals surface area contributed by atoms with Crippen molar-refractivity contribution in [2.45, 2.75) is 328 Å². The first kappa shape index (κ1) is 83.9. The fourth-order valence-electron chi connectivity index (χ4n) is 10.3. The van der Waals surface area contributed by atoms with Crippen molar-refractivity contribution in [3.8, 4) is 0 Å². The average Bonchev–Trinajstić information content (AvgIpc) is 3.70. The summed E-state index contributed by atoms with van der Waals surface area (Å²) in [5, 5.41) is 14.0. The normalized spacial score (nSPS) is 14.3. The Labute approximate surface area is 539 Å². The van der Waals surface area contributed by atoms with Gasteiger partial charge in [-0.25, -0.2) is 0 Å². The second-order valence-corrected chi connectivity index (χ2v) is 27.0. The van der Waals surface area contributed by atoms with Gasteiger partial charge >= 0.3 is 0 Å². The van der Waals surface area contributed by atoms with E-state index in [-0.39, 0.29) is 12.5 Å². The first-order chi connectivity index (χ1) is 42.5. The van der Waals surface area contributed by atoms with Gasteiger partial charge in [-0.1, -0.05) is 341 Å². The van der Waals surface area contributed by atoms with Crippen molar-refractivity contribution in [2.24, 2.45) is 0 Å². The first-order valence-electron chi connectivity index (χ1n) is 36.4. The van der Waals surface area contributed by atoms with E-state index in [2.05, 4.69) is 129 Å². The van der Waals surface area contributed by atoms with Crippen LogP contribution in [0.5, 0.6) is 0 Å². The molecule has 0 aromatic carbocycles. The SMILES string of the molecule is CC/C=C\C/C=C\C/C=C\C/C=C\C/C=C\C/C=C\C/C=C\C/C=C\C/C=C\CCCCCCCCCC(=O)NC(COP(=O)([O-])OCC[N+](C)(C)C)C(O)/C=C/CCCCCCCCCCCCCCCCCCCCCCCCCCCCCC. The number of carbonyl (C=O) groups is 1. The number of allylic oxidation sites excluding steroid dienone is 19. The number of hydrogen-bond acceptors (Lipinski definition) is 6. The lowest BCUT2D eigenvalue weighted by atomic mass is 10.0. The molecule has 0 saturated heterocycles. The Hall–Kier alpha value is -3.10. The molecule has 0 heterocycles. The summed E-state index contributed by atoms with van der Waals surface area (Å²) >= 11 is 0. The topological polar surface area (TPSA) is 108 Å². The molecule has 0 aliphatic carbocycles. The van der Waals surface area contributed by atoms with Gasteiger partial charge in [0, 0.05) is 6.42 Å². The predicted octanol–water partition coefficient (Wildman–Crippen LogP) is 23.0. The minimum Gasteiger partial charge on any atom is -0.756 e. The van der Waals surface area contributed by atoms with Gasteiger partial charge in [-0.2, -0.15) is 0 Å². The van der Waals surface area contributed by atoms with E-state index in [0.29, 0.717) is 17.4 Å². The number of quaternary nitrogens is 1. The number of aliphatic hydroxyl groups is 1. The van der Waals surface area contributed by atoms with E-state index >= 15 is 0 Å². The molecule has 8 nitrogen and oxygen atoms in total. The lowest BCUT2D eigenvalue weighted by molar-refractivity contribution is -0.870. The Kier molecular flexibility index (Phi) is 64.9. The molecule has 3 atom stereocenters. The van der Waals surface area contributed by atoms with Gasteiger partial charge in [-0.05, 0) is 89.9 Å². The largest absolute Gasteiger partial charge is 0.756 e. The second kappa shape index (κ2) is 67.3. The van der Waals surface area contributed by atoms with Crippen LogP contribution in [0.1, 0.15) is 316 Å². The summed E-state index contributed by atoms with van der Waals surface area (Å²) in [4.78, 5) is 25.7. The Balaban J connectivity index is 4.14. The molecule has 2 N–H and O–H groups in total. The molecule has 0 aliphatic heterocycles. The van der Waals surface area contributed by atoms with E-state index in [1.54, 1.807) is 6.08 Å². The molecule has 0 aromatic rings. The number of aliphatic hydroxyl groups excluding tert-OH is 1. The Morgan fingerprint density at radius 3 is 1.02 bits per heavy atom. The van der Waals surface area contributed by atoms with Gasteiger partial charge < -0.3 is 28.8 Å². The lowest BCUT2D eigenvalue weighted by Gasteiger charge is -2.29.